The minimum Gasteiger partial charge on any atom is -0.342 e. The second-order valence-electron chi connectivity index (χ2n) is 10.4. The van der Waals surface area contributed by atoms with Crippen LogP contribution in [0.5, 0.6) is 0 Å². The maximum Gasteiger partial charge on any atom is 0.318 e. The summed E-state index contributed by atoms with van der Waals surface area (Å²) < 4.78 is 0. The average molecular weight is 514 g/mol. The van der Waals surface area contributed by atoms with E-state index >= 15 is 0 Å². The molecule has 1 aliphatic rings. The number of nitrogens with zero attached hydrogens (tertiary/aromatic N) is 1. The summed E-state index contributed by atoms with van der Waals surface area (Å²) >= 11 is 0. The van der Waals surface area contributed by atoms with Crippen molar-refractivity contribution in [1.29, 1.82) is 0 Å². The van der Waals surface area contributed by atoms with Crippen molar-refractivity contribution in [3.05, 3.63) is 89.0 Å². The summed E-state index contributed by atoms with van der Waals surface area (Å²) in [5.41, 5.74) is 11.6. The van der Waals surface area contributed by atoms with Crippen LogP contribution in [0.1, 0.15) is 36.1 Å². The number of benzene rings is 3. The number of urea groups is 1. The average Bonchev–Trinajstić information content (AvgIpc) is 3.00. The lowest BCUT2D eigenvalue weighted by molar-refractivity contribution is -0.138. The molecule has 0 unspecified atom stereocenters. The number of rotatable bonds is 6. The number of aryl methyl sites for hydroxylation is 1. The fraction of sp³-hybridized carbons (Fsp3) is 0.300. The fourth-order valence-electron chi connectivity index (χ4n) is 4.54. The van der Waals surface area contributed by atoms with Crippen LogP contribution < -0.4 is 21.7 Å². The lowest BCUT2D eigenvalue weighted by Crippen LogP contribution is -2.56. The van der Waals surface area contributed by atoms with Crippen LogP contribution in [0.2, 0.25) is 0 Å². The fourth-order valence-corrected chi connectivity index (χ4v) is 4.54. The molecule has 1 aliphatic heterocycles. The van der Waals surface area contributed by atoms with Crippen molar-refractivity contribution in [3.8, 4) is 11.1 Å². The van der Waals surface area contributed by atoms with Crippen LogP contribution in [-0.2, 0) is 29.1 Å². The normalized spacial score (nSPS) is 15.3. The third-order valence-corrected chi connectivity index (χ3v) is 6.69. The molecule has 5 N–H and O–H groups in total. The zero-order valence-corrected chi connectivity index (χ0v) is 22.3. The van der Waals surface area contributed by atoms with E-state index in [-0.39, 0.29) is 17.8 Å². The molecule has 0 saturated heterocycles. The van der Waals surface area contributed by atoms with Crippen molar-refractivity contribution in [2.24, 2.45) is 5.73 Å². The Morgan fingerprint density at radius 3 is 2.42 bits per heavy atom. The number of fused-ring (bicyclic) bond motifs is 1. The molecule has 4 amide bonds. The summed E-state index contributed by atoms with van der Waals surface area (Å²) in [4.78, 5) is 40.0. The highest BCUT2D eigenvalue weighted by molar-refractivity contribution is 5.94. The Morgan fingerprint density at radius 1 is 1.03 bits per heavy atom. The summed E-state index contributed by atoms with van der Waals surface area (Å²) in [6.45, 7) is 6.12. The first-order chi connectivity index (χ1) is 18.0. The molecule has 1 atom stereocenters. The topological polar surface area (TPSA) is 117 Å². The van der Waals surface area contributed by atoms with Crippen molar-refractivity contribution in [1.82, 2.24) is 15.5 Å². The van der Waals surface area contributed by atoms with E-state index in [9.17, 15) is 14.4 Å². The van der Waals surface area contributed by atoms with Crippen LogP contribution in [-0.4, -0.2) is 41.4 Å². The van der Waals surface area contributed by atoms with E-state index in [0.717, 1.165) is 33.4 Å². The molecule has 0 spiro atoms. The molecule has 198 valence electrons. The van der Waals surface area contributed by atoms with Crippen LogP contribution >= 0.6 is 0 Å². The molecule has 38 heavy (non-hydrogen) atoms. The Hall–Kier alpha value is -4.17. The Labute approximate surface area is 223 Å². The SMILES string of the molecule is CNC(=O)Nc1ccccc1-c1ccc(CN2Cc3ccc(C)cc3C[C@@H](NC(=O)C(C)(C)N)C2=O)cc1. The van der Waals surface area contributed by atoms with Gasteiger partial charge in [-0.15, -0.1) is 0 Å². The van der Waals surface area contributed by atoms with Gasteiger partial charge in [0.25, 0.3) is 0 Å². The third kappa shape index (κ3) is 6.20. The lowest BCUT2D eigenvalue weighted by Gasteiger charge is -2.27. The number of carbonyl (C=O) groups excluding carboxylic acids is 3. The zero-order chi connectivity index (χ0) is 27.4. The minimum absolute atomic E-state index is 0.138. The molecule has 3 aromatic rings. The predicted molar refractivity (Wildman–Crippen MR) is 149 cm³/mol. The highest BCUT2D eigenvalue weighted by Gasteiger charge is 2.33. The number of hydrogen-bond donors (Lipinski definition) is 4. The van der Waals surface area contributed by atoms with Gasteiger partial charge in [-0.25, -0.2) is 4.79 Å². The van der Waals surface area contributed by atoms with E-state index in [2.05, 4.69) is 28.1 Å². The second kappa shape index (κ2) is 11.1. The van der Waals surface area contributed by atoms with E-state index in [1.807, 2.05) is 61.5 Å². The van der Waals surface area contributed by atoms with Gasteiger partial charge in [-0.05, 0) is 49.1 Å². The van der Waals surface area contributed by atoms with Gasteiger partial charge in [-0.1, -0.05) is 66.2 Å². The van der Waals surface area contributed by atoms with Gasteiger partial charge in [0.05, 0.1) is 11.2 Å². The number of nitrogens with two attached hydrogens (primary N) is 1. The van der Waals surface area contributed by atoms with Crippen LogP contribution in [0.4, 0.5) is 10.5 Å². The van der Waals surface area contributed by atoms with Gasteiger partial charge >= 0.3 is 6.03 Å². The van der Waals surface area contributed by atoms with E-state index in [1.54, 1.807) is 25.8 Å². The molecule has 0 aliphatic carbocycles. The molecule has 3 aromatic carbocycles. The Kier molecular flexibility index (Phi) is 7.83. The molecule has 0 radical (unpaired) electrons. The first-order valence-electron chi connectivity index (χ1n) is 12.7. The van der Waals surface area contributed by atoms with E-state index < -0.39 is 11.6 Å². The lowest BCUT2D eigenvalue weighted by atomic mass is 9.98. The first-order valence-corrected chi connectivity index (χ1v) is 12.7. The second-order valence-corrected chi connectivity index (χ2v) is 10.4. The standard InChI is InChI=1S/C30H35N5O3/c1-19-9-12-22-18-35(27(36)26(16-23(22)15-19)33-28(37)30(2,3)31)17-20-10-13-21(14-11-20)24-7-5-6-8-25(24)34-29(38)32-4/h5-15,26H,16-18,31H2,1-4H3,(H,33,37)(H2,32,34,38)/t26-/m1/s1. The highest BCUT2D eigenvalue weighted by atomic mass is 16.2. The van der Waals surface area contributed by atoms with Gasteiger partial charge in [0.15, 0.2) is 0 Å². The smallest absolute Gasteiger partial charge is 0.318 e. The summed E-state index contributed by atoms with van der Waals surface area (Å²) in [5, 5.41) is 8.31. The molecule has 0 fully saturated rings. The quantitative estimate of drug-likeness (QED) is 0.402. The van der Waals surface area contributed by atoms with E-state index in [4.69, 9.17) is 5.73 Å². The van der Waals surface area contributed by atoms with Crippen LogP contribution in [0.3, 0.4) is 0 Å². The number of carbonyl (C=O) groups is 3. The monoisotopic (exact) mass is 513 g/mol. The Morgan fingerprint density at radius 2 is 1.74 bits per heavy atom. The molecule has 8 heteroatoms. The van der Waals surface area contributed by atoms with Crippen molar-refractivity contribution >= 4 is 23.5 Å². The first kappa shape index (κ1) is 26.9. The Bertz CT molecular complexity index is 1340. The zero-order valence-electron chi connectivity index (χ0n) is 22.3. The number of hydrogen-bond acceptors (Lipinski definition) is 4. The van der Waals surface area contributed by atoms with Crippen molar-refractivity contribution in [2.75, 3.05) is 12.4 Å². The van der Waals surface area contributed by atoms with E-state index in [0.29, 0.717) is 25.2 Å². The molecule has 4 rings (SSSR count). The number of nitrogens with one attached hydrogen (secondary N) is 3. The maximum atomic E-state index is 13.7. The maximum absolute atomic E-state index is 13.7. The largest absolute Gasteiger partial charge is 0.342 e. The number of para-hydroxylation sites is 1. The molecule has 0 aromatic heterocycles. The van der Waals surface area contributed by atoms with Crippen molar-refractivity contribution in [2.45, 2.75) is 51.9 Å². The molecule has 0 bridgehead atoms. The van der Waals surface area contributed by atoms with Crippen LogP contribution in [0, 0.1) is 6.92 Å². The Balaban J connectivity index is 1.59. The van der Waals surface area contributed by atoms with Crippen molar-refractivity contribution < 1.29 is 14.4 Å². The molecular formula is C30H35N5O3. The van der Waals surface area contributed by atoms with E-state index in [1.165, 1.54) is 0 Å². The minimum atomic E-state index is -1.09. The number of amides is 4. The number of anilines is 1. The summed E-state index contributed by atoms with van der Waals surface area (Å²) in [7, 11) is 1.57. The predicted octanol–water partition coefficient (Wildman–Crippen LogP) is 3.72. The van der Waals surface area contributed by atoms with Gasteiger partial charge < -0.3 is 26.6 Å². The van der Waals surface area contributed by atoms with Gasteiger partial charge in [-0.2, -0.15) is 0 Å². The molecule has 0 saturated carbocycles. The van der Waals surface area contributed by atoms with Gasteiger partial charge in [-0.3, -0.25) is 9.59 Å². The molecule has 8 nitrogen and oxygen atoms in total. The highest BCUT2D eigenvalue weighted by Crippen LogP contribution is 2.29. The van der Waals surface area contributed by atoms with Crippen molar-refractivity contribution in [3.63, 3.8) is 0 Å². The third-order valence-electron chi connectivity index (χ3n) is 6.69. The summed E-state index contributed by atoms with van der Waals surface area (Å²) in [5.74, 6) is -0.499. The summed E-state index contributed by atoms with van der Waals surface area (Å²) in [6, 6.07) is 20.7. The molecule has 1 heterocycles. The summed E-state index contributed by atoms with van der Waals surface area (Å²) in [6.07, 6.45) is 0.419. The van der Waals surface area contributed by atoms with Gasteiger partial charge in [0.2, 0.25) is 11.8 Å². The van der Waals surface area contributed by atoms with Crippen LogP contribution in [0.25, 0.3) is 11.1 Å². The van der Waals surface area contributed by atoms with Crippen LogP contribution in [0.15, 0.2) is 66.7 Å². The van der Waals surface area contributed by atoms with Gasteiger partial charge in [0, 0.05) is 32.1 Å². The van der Waals surface area contributed by atoms with Gasteiger partial charge in [0.1, 0.15) is 6.04 Å². The molecular weight excluding hydrogens is 478 g/mol.